The molecule has 1 rings (SSSR count). The molecule has 10 heavy (non-hydrogen) atoms. The van der Waals surface area contributed by atoms with Crippen LogP contribution < -0.4 is 26.2 Å². The fourth-order valence-electron chi connectivity index (χ4n) is 0.381. The van der Waals surface area contributed by atoms with E-state index in [1.165, 1.54) is 17.2 Å². The maximum atomic E-state index is 3.61. The lowest BCUT2D eigenvalue weighted by molar-refractivity contribution is -0.626. The van der Waals surface area contributed by atoms with E-state index >= 15 is 0 Å². The van der Waals surface area contributed by atoms with Gasteiger partial charge in [-0.25, -0.2) is 0 Å². The van der Waals surface area contributed by atoms with Crippen LogP contribution >= 0.6 is 0 Å². The molecule has 0 fully saturated rings. The normalized spacial score (nSPS) is 8.20. The van der Waals surface area contributed by atoms with Gasteiger partial charge >= 0.3 is 0 Å². The summed E-state index contributed by atoms with van der Waals surface area (Å²) in [6.45, 7) is 2.24. The van der Waals surface area contributed by atoms with Gasteiger partial charge in [0.2, 0.25) is 0 Å². The second-order valence-electron chi connectivity index (χ2n) is 1.67. The third-order valence-corrected chi connectivity index (χ3v) is 2.91. The zero-order valence-corrected chi connectivity index (χ0v) is 8.58. The van der Waals surface area contributed by atoms with Crippen LogP contribution in [0.25, 0.3) is 0 Å². The van der Waals surface area contributed by atoms with Gasteiger partial charge < -0.3 is 9.97 Å². The van der Waals surface area contributed by atoms with Crippen molar-refractivity contribution < 1.29 is 21.2 Å². The SMILES string of the molecule is CCC[I+]C.c1c[n-]cn1. The highest BCUT2D eigenvalue weighted by Crippen LogP contribution is 1.60. The first-order chi connectivity index (χ1) is 4.91. The van der Waals surface area contributed by atoms with Gasteiger partial charge in [-0.3, -0.25) is 0 Å². The molecule has 0 N–H and O–H groups in total. The van der Waals surface area contributed by atoms with E-state index in [1.54, 1.807) is 12.4 Å². The molecular weight excluding hydrogens is 239 g/mol. The maximum Gasteiger partial charge on any atom is 0.265 e. The molecule has 3 heteroatoms. The van der Waals surface area contributed by atoms with Gasteiger partial charge in [-0.05, 0) is 6.42 Å². The fraction of sp³-hybridized carbons (Fsp3) is 0.571. The Labute approximate surface area is 72.7 Å². The number of halogens is 1. The standard InChI is InChI=1S/C4H10I.C3H3N2/c1-3-4-5-2;1-2-5-3-4-1/h3-4H2,1-2H3;1-3H/q+1;-1. The Kier molecular flexibility index (Phi) is 8.89. The molecule has 0 spiro atoms. The highest BCUT2D eigenvalue weighted by molar-refractivity contribution is 4.64. The molecule has 0 saturated heterocycles. The summed E-state index contributed by atoms with van der Waals surface area (Å²) in [7, 11) is 0. The monoisotopic (exact) mass is 252 g/mol. The highest BCUT2D eigenvalue weighted by atomic mass is 127. The van der Waals surface area contributed by atoms with Crippen molar-refractivity contribution in [1.82, 2.24) is 9.97 Å². The van der Waals surface area contributed by atoms with E-state index < -0.39 is 0 Å². The summed E-state index contributed by atoms with van der Waals surface area (Å²) < 4.78 is 1.50. The van der Waals surface area contributed by atoms with Crippen molar-refractivity contribution in [3.8, 4) is 0 Å². The van der Waals surface area contributed by atoms with Gasteiger partial charge in [0.05, 0.1) is 0 Å². The van der Waals surface area contributed by atoms with Crippen LogP contribution in [0.1, 0.15) is 13.3 Å². The number of imidazole rings is 1. The van der Waals surface area contributed by atoms with Crippen LogP contribution in [0.15, 0.2) is 18.7 Å². The summed E-state index contributed by atoms with van der Waals surface area (Å²) in [5, 5.41) is 0. The first-order valence-corrected chi connectivity index (χ1v) is 6.90. The van der Waals surface area contributed by atoms with Crippen LogP contribution in [0.5, 0.6) is 0 Å². The summed E-state index contributed by atoms with van der Waals surface area (Å²) in [6.07, 6.45) is 6.17. The van der Waals surface area contributed by atoms with Crippen LogP contribution in [-0.4, -0.2) is 14.3 Å². The van der Waals surface area contributed by atoms with Crippen molar-refractivity contribution >= 4 is 0 Å². The molecule has 0 saturated carbocycles. The van der Waals surface area contributed by atoms with Crippen molar-refractivity contribution in [1.29, 1.82) is 0 Å². The van der Waals surface area contributed by atoms with Crippen molar-refractivity contribution in [3.63, 3.8) is 0 Å². The van der Waals surface area contributed by atoms with E-state index in [0.29, 0.717) is 21.2 Å². The molecule has 1 aromatic heterocycles. The maximum absolute atomic E-state index is 3.61. The molecule has 0 amide bonds. The van der Waals surface area contributed by atoms with Crippen LogP contribution in [0.4, 0.5) is 0 Å². The molecule has 0 bridgehead atoms. The van der Waals surface area contributed by atoms with E-state index in [9.17, 15) is 0 Å². The third-order valence-electron chi connectivity index (χ3n) is 0.750. The van der Waals surface area contributed by atoms with Crippen molar-refractivity contribution in [2.75, 3.05) is 9.36 Å². The van der Waals surface area contributed by atoms with Crippen LogP contribution in [-0.2, 0) is 0 Å². The minimum Gasteiger partial charge on any atom is -0.450 e. The smallest absolute Gasteiger partial charge is 0.265 e. The van der Waals surface area contributed by atoms with Crippen molar-refractivity contribution in [2.24, 2.45) is 0 Å². The third kappa shape index (κ3) is 7.94. The summed E-state index contributed by atoms with van der Waals surface area (Å²) in [5.41, 5.74) is 0. The number of hydrogen-bond acceptors (Lipinski definition) is 1. The fourth-order valence-corrected chi connectivity index (χ4v) is 1.46. The van der Waals surface area contributed by atoms with Gasteiger partial charge in [0.15, 0.2) is 0 Å². The Morgan fingerprint density at radius 3 is 2.50 bits per heavy atom. The second kappa shape index (κ2) is 8.94. The number of rotatable bonds is 2. The number of alkyl halides is 2. The summed E-state index contributed by atoms with van der Waals surface area (Å²) in [5.74, 6) is 0. The van der Waals surface area contributed by atoms with Crippen LogP contribution in [0.3, 0.4) is 0 Å². The molecule has 0 aliphatic heterocycles. The van der Waals surface area contributed by atoms with E-state index in [1.807, 2.05) is 0 Å². The topological polar surface area (TPSA) is 27.0 Å². The molecular formula is C7H13IN2. The van der Waals surface area contributed by atoms with E-state index in [-0.39, 0.29) is 0 Å². The Balaban J connectivity index is 0.000000162. The molecule has 2 nitrogen and oxygen atoms in total. The van der Waals surface area contributed by atoms with E-state index in [2.05, 4.69) is 21.8 Å². The lowest BCUT2D eigenvalue weighted by Crippen LogP contribution is -3.61. The number of aromatic nitrogens is 2. The van der Waals surface area contributed by atoms with Gasteiger partial charge in [-0.2, -0.15) is 0 Å². The minimum atomic E-state index is 0.607. The lowest BCUT2D eigenvalue weighted by Gasteiger charge is -1.63. The quantitative estimate of drug-likeness (QED) is 0.456. The predicted molar refractivity (Wildman–Crippen MR) is 38.6 cm³/mol. The van der Waals surface area contributed by atoms with Gasteiger partial charge in [0, 0.05) is 0 Å². The Bertz CT molecular complexity index is 97.9. The average molecular weight is 252 g/mol. The van der Waals surface area contributed by atoms with Crippen molar-refractivity contribution in [3.05, 3.63) is 18.7 Å². The first kappa shape index (κ1) is 9.94. The van der Waals surface area contributed by atoms with Gasteiger partial charge in [0.1, 0.15) is 9.36 Å². The molecule has 0 aromatic carbocycles. The second-order valence-corrected chi connectivity index (χ2v) is 4.27. The lowest BCUT2D eigenvalue weighted by atomic mass is 10.6. The van der Waals surface area contributed by atoms with Crippen molar-refractivity contribution in [2.45, 2.75) is 13.3 Å². The summed E-state index contributed by atoms with van der Waals surface area (Å²) >= 11 is 0.607. The molecule has 0 aliphatic rings. The largest absolute Gasteiger partial charge is 0.450 e. The van der Waals surface area contributed by atoms with Gasteiger partial charge in [-0.1, -0.05) is 25.6 Å². The summed E-state index contributed by atoms with van der Waals surface area (Å²) in [4.78, 5) is 9.54. The zero-order chi connectivity index (χ0) is 7.66. The molecule has 1 heterocycles. The van der Waals surface area contributed by atoms with E-state index in [0.717, 1.165) is 0 Å². The molecule has 58 valence electrons. The molecule has 0 aliphatic carbocycles. The zero-order valence-electron chi connectivity index (χ0n) is 6.42. The number of nitrogens with zero attached hydrogens (tertiary/aromatic N) is 2. The predicted octanol–water partition coefficient (Wildman–Crippen LogP) is -1.85. The number of hydrogen-bond donors (Lipinski definition) is 0. The van der Waals surface area contributed by atoms with Gasteiger partial charge in [-0.15, -0.1) is 0 Å². The Morgan fingerprint density at radius 2 is 2.40 bits per heavy atom. The average Bonchev–Trinajstić information content (AvgIpc) is 2.44. The molecule has 0 radical (unpaired) electrons. The molecule has 1 aromatic rings. The first-order valence-electron chi connectivity index (χ1n) is 3.22. The van der Waals surface area contributed by atoms with Crippen LogP contribution in [0, 0.1) is 0 Å². The van der Waals surface area contributed by atoms with Crippen LogP contribution in [0.2, 0.25) is 0 Å². The minimum absolute atomic E-state index is 0.607. The molecule has 0 unspecified atom stereocenters. The van der Waals surface area contributed by atoms with E-state index in [4.69, 9.17) is 0 Å². The highest BCUT2D eigenvalue weighted by Gasteiger charge is 1.86. The van der Waals surface area contributed by atoms with Gasteiger partial charge in [0.25, 0.3) is 21.2 Å². The molecule has 0 atom stereocenters. The Morgan fingerprint density at radius 1 is 1.60 bits per heavy atom. The summed E-state index contributed by atoms with van der Waals surface area (Å²) in [6, 6.07) is 0. The Hall–Kier alpha value is -0.0600.